The normalized spacial score (nSPS) is 18.2. The lowest BCUT2D eigenvalue weighted by Crippen LogP contribution is -2.54. The van der Waals surface area contributed by atoms with E-state index in [1.807, 2.05) is 11.0 Å². The number of hydrogen-bond donors (Lipinski definition) is 1. The monoisotopic (exact) mass is 445 g/mol. The number of rotatable bonds is 7. The van der Waals surface area contributed by atoms with Crippen molar-refractivity contribution in [2.45, 2.75) is 19.3 Å². The number of thiophene rings is 1. The molecule has 32 heavy (non-hydrogen) atoms. The third kappa shape index (κ3) is 4.81. The Balaban J connectivity index is 1.58. The van der Waals surface area contributed by atoms with Crippen molar-refractivity contribution in [1.82, 2.24) is 15.2 Å². The van der Waals surface area contributed by atoms with E-state index in [0.717, 1.165) is 18.4 Å². The number of likely N-dealkylation sites (tertiary alicyclic amines) is 1. The first-order valence-electron chi connectivity index (χ1n) is 10.8. The maximum atomic E-state index is 13.3. The third-order valence-electron chi connectivity index (χ3n) is 5.98. The van der Waals surface area contributed by atoms with Crippen LogP contribution in [0, 0.1) is 5.41 Å². The summed E-state index contributed by atoms with van der Waals surface area (Å²) in [4.78, 5) is 33.5. The number of piperidine rings is 1. The van der Waals surface area contributed by atoms with Gasteiger partial charge in [-0.3, -0.25) is 14.6 Å². The van der Waals surface area contributed by atoms with Gasteiger partial charge in [0.05, 0.1) is 5.41 Å². The molecule has 1 saturated heterocycles. The van der Waals surface area contributed by atoms with Gasteiger partial charge in [-0.25, -0.2) is 0 Å². The number of pyridine rings is 1. The van der Waals surface area contributed by atoms with E-state index in [-0.39, 0.29) is 11.8 Å². The lowest BCUT2D eigenvalue weighted by molar-refractivity contribution is -0.133. The van der Waals surface area contributed by atoms with Crippen molar-refractivity contribution in [3.05, 3.63) is 90.1 Å². The number of benzene rings is 1. The first kappa shape index (κ1) is 22.0. The van der Waals surface area contributed by atoms with Crippen LogP contribution >= 0.6 is 11.3 Å². The Morgan fingerprint density at radius 3 is 2.62 bits per heavy atom. The molecule has 6 heteroatoms. The SMILES string of the molecule is C=CCNC(=O)[C@@]1(Cc2ccc(-c3cccs3)cc2)CCCN(C(=O)c2ccncc2)C1. The van der Waals surface area contributed by atoms with Crippen LogP contribution in [0.15, 0.2) is 79.0 Å². The van der Waals surface area contributed by atoms with E-state index in [1.165, 1.54) is 10.4 Å². The standard InChI is InChI=1S/C26H27N3O2S/c1-2-13-28-25(31)26(18-20-6-8-21(9-7-20)23-5-3-17-32-23)12-4-16-29(19-26)24(30)22-10-14-27-15-11-22/h2-3,5-11,14-15,17H,1,4,12-13,16,18-19H2,(H,28,31)/t26-/m1/s1. The van der Waals surface area contributed by atoms with Crippen molar-refractivity contribution in [2.24, 2.45) is 5.41 Å². The first-order valence-corrected chi connectivity index (χ1v) is 11.7. The molecule has 1 aliphatic rings. The summed E-state index contributed by atoms with van der Waals surface area (Å²) in [6.07, 6.45) is 7.03. The predicted octanol–water partition coefficient (Wildman–Crippen LogP) is 4.58. The van der Waals surface area contributed by atoms with Gasteiger partial charge in [0.2, 0.25) is 5.91 Å². The van der Waals surface area contributed by atoms with Gasteiger partial charge in [-0.2, -0.15) is 0 Å². The van der Waals surface area contributed by atoms with Crippen LogP contribution in [0.3, 0.4) is 0 Å². The van der Waals surface area contributed by atoms with Crippen LogP contribution in [0.25, 0.3) is 10.4 Å². The molecule has 0 saturated carbocycles. The summed E-state index contributed by atoms with van der Waals surface area (Å²) in [6.45, 7) is 5.17. The molecule has 1 aliphatic heterocycles. The molecule has 2 amide bonds. The van der Waals surface area contributed by atoms with Crippen LogP contribution in [-0.4, -0.2) is 41.3 Å². The van der Waals surface area contributed by atoms with Gasteiger partial charge in [0.25, 0.3) is 5.91 Å². The van der Waals surface area contributed by atoms with Crippen LogP contribution < -0.4 is 5.32 Å². The number of hydrogen-bond acceptors (Lipinski definition) is 4. The van der Waals surface area contributed by atoms with Crippen LogP contribution in [0.2, 0.25) is 0 Å². The average Bonchev–Trinajstić information content (AvgIpc) is 3.38. The summed E-state index contributed by atoms with van der Waals surface area (Å²) < 4.78 is 0. The molecule has 164 valence electrons. The van der Waals surface area contributed by atoms with Gasteiger partial charge in [-0.15, -0.1) is 17.9 Å². The molecular formula is C26H27N3O2S. The second-order valence-corrected chi connectivity index (χ2v) is 9.14. The Labute approximate surface area is 192 Å². The highest BCUT2D eigenvalue weighted by Gasteiger charge is 2.43. The molecule has 5 nitrogen and oxygen atoms in total. The van der Waals surface area contributed by atoms with Gasteiger partial charge in [0, 0.05) is 42.5 Å². The molecule has 0 unspecified atom stereocenters. The molecule has 3 heterocycles. The number of nitrogens with one attached hydrogen (secondary N) is 1. The van der Waals surface area contributed by atoms with Gasteiger partial charge >= 0.3 is 0 Å². The van der Waals surface area contributed by atoms with Gasteiger partial charge in [0.1, 0.15) is 0 Å². The van der Waals surface area contributed by atoms with E-state index in [1.54, 1.807) is 41.9 Å². The number of carbonyl (C=O) groups excluding carboxylic acids is 2. The van der Waals surface area contributed by atoms with E-state index in [2.05, 4.69) is 52.6 Å². The zero-order valence-corrected chi connectivity index (χ0v) is 18.8. The molecule has 1 fully saturated rings. The molecule has 0 radical (unpaired) electrons. The number of amides is 2. The minimum Gasteiger partial charge on any atom is -0.352 e. The van der Waals surface area contributed by atoms with E-state index < -0.39 is 5.41 Å². The Bertz CT molecular complexity index is 1060. The topological polar surface area (TPSA) is 62.3 Å². The molecular weight excluding hydrogens is 418 g/mol. The lowest BCUT2D eigenvalue weighted by atomic mass is 9.74. The largest absolute Gasteiger partial charge is 0.352 e. The van der Waals surface area contributed by atoms with Crippen LogP contribution in [0.5, 0.6) is 0 Å². The molecule has 3 aromatic rings. The minimum atomic E-state index is -0.672. The second-order valence-electron chi connectivity index (χ2n) is 8.20. The molecule has 2 aromatic heterocycles. The molecule has 0 bridgehead atoms. The second kappa shape index (κ2) is 9.92. The molecule has 1 N–H and O–H groups in total. The number of carbonyl (C=O) groups is 2. The highest BCUT2D eigenvalue weighted by atomic mass is 32.1. The fraction of sp³-hybridized carbons (Fsp3) is 0.269. The molecule has 0 aliphatic carbocycles. The Hall–Kier alpha value is -3.25. The van der Waals surface area contributed by atoms with Gasteiger partial charge in [-0.1, -0.05) is 36.4 Å². The fourth-order valence-electron chi connectivity index (χ4n) is 4.36. The number of nitrogens with zero attached hydrogens (tertiary/aromatic N) is 2. The first-order chi connectivity index (χ1) is 15.6. The predicted molar refractivity (Wildman–Crippen MR) is 128 cm³/mol. The van der Waals surface area contributed by atoms with Gasteiger partial charge in [0.15, 0.2) is 0 Å². The van der Waals surface area contributed by atoms with Crippen molar-refractivity contribution in [1.29, 1.82) is 0 Å². The van der Waals surface area contributed by atoms with Crippen molar-refractivity contribution >= 4 is 23.2 Å². The highest BCUT2D eigenvalue weighted by molar-refractivity contribution is 7.13. The Morgan fingerprint density at radius 2 is 1.94 bits per heavy atom. The molecule has 1 atom stereocenters. The van der Waals surface area contributed by atoms with Gasteiger partial charge < -0.3 is 10.2 Å². The summed E-state index contributed by atoms with van der Waals surface area (Å²) >= 11 is 1.71. The zero-order valence-electron chi connectivity index (χ0n) is 18.0. The average molecular weight is 446 g/mol. The molecule has 0 spiro atoms. The van der Waals surface area contributed by atoms with Crippen molar-refractivity contribution in [2.75, 3.05) is 19.6 Å². The van der Waals surface area contributed by atoms with Crippen LogP contribution in [0.1, 0.15) is 28.8 Å². The summed E-state index contributed by atoms with van der Waals surface area (Å²) in [5.74, 6) is -0.0759. The fourth-order valence-corrected chi connectivity index (χ4v) is 5.10. The molecule has 1 aromatic carbocycles. The van der Waals surface area contributed by atoms with Gasteiger partial charge in [-0.05, 0) is 54.0 Å². The van der Waals surface area contributed by atoms with Crippen molar-refractivity contribution < 1.29 is 9.59 Å². The van der Waals surface area contributed by atoms with Crippen LogP contribution in [0.4, 0.5) is 0 Å². The summed E-state index contributed by atoms with van der Waals surface area (Å²) in [7, 11) is 0. The zero-order chi connectivity index (χ0) is 22.4. The lowest BCUT2D eigenvalue weighted by Gasteiger charge is -2.42. The minimum absolute atomic E-state index is 0.0213. The number of aromatic nitrogens is 1. The smallest absolute Gasteiger partial charge is 0.253 e. The van der Waals surface area contributed by atoms with E-state index in [9.17, 15) is 9.59 Å². The maximum Gasteiger partial charge on any atom is 0.253 e. The van der Waals surface area contributed by atoms with Crippen molar-refractivity contribution in [3.8, 4) is 10.4 Å². The Morgan fingerprint density at radius 1 is 1.16 bits per heavy atom. The quantitative estimate of drug-likeness (QED) is 0.542. The van der Waals surface area contributed by atoms with E-state index in [0.29, 0.717) is 31.6 Å². The van der Waals surface area contributed by atoms with E-state index >= 15 is 0 Å². The third-order valence-corrected chi connectivity index (χ3v) is 6.90. The summed E-state index contributed by atoms with van der Waals surface area (Å²) in [6, 6.07) is 16.0. The van der Waals surface area contributed by atoms with Crippen LogP contribution in [-0.2, 0) is 11.2 Å². The maximum absolute atomic E-state index is 13.3. The van der Waals surface area contributed by atoms with Crippen molar-refractivity contribution in [3.63, 3.8) is 0 Å². The van der Waals surface area contributed by atoms with E-state index in [4.69, 9.17) is 0 Å². The molecule has 4 rings (SSSR count). The summed E-state index contributed by atoms with van der Waals surface area (Å²) in [5, 5.41) is 5.06. The Kier molecular flexibility index (Phi) is 6.81. The highest BCUT2D eigenvalue weighted by Crippen LogP contribution is 2.35. The summed E-state index contributed by atoms with van der Waals surface area (Å²) in [5.41, 5.74) is 2.20.